The van der Waals surface area contributed by atoms with Crippen molar-refractivity contribution in [2.24, 2.45) is 0 Å². The maximum Gasteiger partial charge on any atom is 0.336 e. The van der Waals surface area contributed by atoms with Gasteiger partial charge < -0.3 is 16.2 Å². The van der Waals surface area contributed by atoms with Gasteiger partial charge in [-0.2, -0.15) is 4.98 Å². The third kappa shape index (κ3) is 3.12. The molecule has 0 aliphatic carbocycles. The number of rotatable bonds is 4. The van der Waals surface area contributed by atoms with Crippen LogP contribution in [0.15, 0.2) is 36.4 Å². The van der Waals surface area contributed by atoms with Crippen LogP contribution in [-0.2, 0) is 0 Å². The Balaban J connectivity index is 2.04. The Bertz CT molecular complexity index is 903. The number of nitrogens with zero attached hydrogens (tertiary/aromatic N) is 2. The van der Waals surface area contributed by atoms with Crippen molar-refractivity contribution in [2.75, 3.05) is 11.1 Å². The molecule has 0 radical (unpaired) electrons. The predicted octanol–water partition coefficient (Wildman–Crippen LogP) is 3.80. The minimum Gasteiger partial charge on any atom is -0.478 e. The zero-order valence-electron chi connectivity index (χ0n) is 12.0. The standard InChI is InChI=1S/C15H11Cl2N5O2/c16-10-5-7(19-15-20-14(18)21-22-15)6-11(17)12(10)8-3-1-2-4-9(8)13(23)24/h1-6H,(H,23,24)(H4,18,19,20,21,22). The maximum absolute atomic E-state index is 11.4. The van der Waals surface area contributed by atoms with E-state index in [0.717, 1.165) is 0 Å². The van der Waals surface area contributed by atoms with Gasteiger partial charge in [-0.25, -0.2) is 9.89 Å². The van der Waals surface area contributed by atoms with Gasteiger partial charge in [0.15, 0.2) is 0 Å². The first kappa shape index (κ1) is 16.1. The van der Waals surface area contributed by atoms with Gasteiger partial charge in [0.05, 0.1) is 15.6 Å². The fraction of sp³-hybridized carbons (Fsp3) is 0. The third-order valence-corrected chi connectivity index (χ3v) is 3.82. The molecular weight excluding hydrogens is 353 g/mol. The topological polar surface area (TPSA) is 117 Å². The number of carbonyl (C=O) groups is 1. The summed E-state index contributed by atoms with van der Waals surface area (Å²) < 4.78 is 0. The van der Waals surface area contributed by atoms with Crippen LogP contribution in [0.25, 0.3) is 11.1 Å². The van der Waals surface area contributed by atoms with E-state index >= 15 is 0 Å². The number of nitrogen functional groups attached to an aromatic ring is 1. The number of hydrogen-bond donors (Lipinski definition) is 4. The van der Waals surface area contributed by atoms with E-state index < -0.39 is 5.97 Å². The lowest BCUT2D eigenvalue weighted by molar-refractivity contribution is 0.0697. The van der Waals surface area contributed by atoms with Crippen LogP contribution in [0, 0.1) is 0 Å². The maximum atomic E-state index is 11.4. The van der Waals surface area contributed by atoms with Crippen LogP contribution in [0.3, 0.4) is 0 Å². The number of halogens is 2. The summed E-state index contributed by atoms with van der Waals surface area (Å²) in [5, 5.41) is 19.2. The molecule has 0 unspecified atom stereocenters. The largest absolute Gasteiger partial charge is 0.478 e. The summed E-state index contributed by atoms with van der Waals surface area (Å²) in [6.07, 6.45) is 0. The third-order valence-electron chi connectivity index (χ3n) is 3.23. The van der Waals surface area contributed by atoms with Crippen molar-refractivity contribution in [1.82, 2.24) is 15.2 Å². The highest BCUT2D eigenvalue weighted by molar-refractivity contribution is 6.40. The number of aromatic carboxylic acids is 1. The number of anilines is 3. The van der Waals surface area contributed by atoms with Crippen molar-refractivity contribution in [1.29, 1.82) is 0 Å². The van der Waals surface area contributed by atoms with Crippen LogP contribution in [0.4, 0.5) is 17.6 Å². The number of nitrogens with two attached hydrogens (primary N) is 1. The van der Waals surface area contributed by atoms with Gasteiger partial charge in [-0.15, -0.1) is 5.10 Å². The molecular formula is C15H11Cl2N5O2. The van der Waals surface area contributed by atoms with E-state index in [1.165, 1.54) is 6.07 Å². The Kier molecular flexibility index (Phi) is 4.28. The second-order valence-corrected chi connectivity index (χ2v) is 5.65. The van der Waals surface area contributed by atoms with Crippen LogP contribution >= 0.6 is 23.2 Å². The van der Waals surface area contributed by atoms with Crippen molar-refractivity contribution in [3.05, 3.63) is 52.0 Å². The molecule has 2 aromatic carbocycles. The Morgan fingerprint density at radius 2 is 1.88 bits per heavy atom. The highest BCUT2D eigenvalue weighted by atomic mass is 35.5. The first-order valence-electron chi connectivity index (χ1n) is 6.72. The second-order valence-electron chi connectivity index (χ2n) is 4.83. The smallest absolute Gasteiger partial charge is 0.336 e. The Morgan fingerprint density at radius 3 is 2.46 bits per heavy atom. The molecule has 1 heterocycles. The molecule has 24 heavy (non-hydrogen) atoms. The summed E-state index contributed by atoms with van der Waals surface area (Å²) in [5.41, 5.74) is 7.00. The van der Waals surface area contributed by atoms with Crippen LogP contribution in [0.1, 0.15) is 10.4 Å². The van der Waals surface area contributed by atoms with Gasteiger partial charge in [-0.3, -0.25) is 0 Å². The minimum atomic E-state index is -1.06. The zero-order valence-corrected chi connectivity index (χ0v) is 13.6. The molecule has 0 bridgehead atoms. The van der Waals surface area contributed by atoms with Gasteiger partial charge in [0.2, 0.25) is 11.9 Å². The molecule has 0 spiro atoms. The highest BCUT2D eigenvalue weighted by Crippen LogP contribution is 2.39. The van der Waals surface area contributed by atoms with E-state index in [2.05, 4.69) is 20.5 Å². The predicted molar refractivity (Wildman–Crippen MR) is 92.9 cm³/mol. The number of aromatic amines is 1. The molecule has 3 aromatic rings. The van der Waals surface area contributed by atoms with E-state index in [9.17, 15) is 9.90 Å². The summed E-state index contributed by atoms with van der Waals surface area (Å²) in [6, 6.07) is 9.71. The summed E-state index contributed by atoms with van der Waals surface area (Å²) in [7, 11) is 0. The molecule has 0 saturated heterocycles. The lowest BCUT2D eigenvalue weighted by Gasteiger charge is -2.12. The van der Waals surface area contributed by atoms with Crippen molar-refractivity contribution >= 4 is 46.8 Å². The monoisotopic (exact) mass is 363 g/mol. The van der Waals surface area contributed by atoms with Crippen molar-refractivity contribution in [3.8, 4) is 11.1 Å². The van der Waals surface area contributed by atoms with Gasteiger partial charge in [-0.1, -0.05) is 41.4 Å². The van der Waals surface area contributed by atoms with E-state index in [0.29, 0.717) is 26.9 Å². The second kappa shape index (κ2) is 6.38. The lowest BCUT2D eigenvalue weighted by atomic mass is 9.99. The fourth-order valence-corrected chi connectivity index (χ4v) is 2.94. The van der Waals surface area contributed by atoms with Crippen molar-refractivity contribution in [2.45, 2.75) is 0 Å². The van der Waals surface area contributed by atoms with Gasteiger partial charge in [0, 0.05) is 11.3 Å². The number of nitrogens with one attached hydrogen (secondary N) is 2. The summed E-state index contributed by atoms with van der Waals surface area (Å²) in [6.45, 7) is 0. The normalized spacial score (nSPS) is 10.6. The van der Waals surface area contributed by atoms with Crippen LogP contribution in [-0.4, -0.2) is 26.3 Å². The van der Waals surface area contributed by atoms with Gasteiger partial charge >= 0.3 is 5.97 Å². The zero-order chi connectivity index (χ0) is 17.3. The quantitative estimate of drug-likeness (QED) is 0.559. The lowest BCUT2D eigenvalue weighted by Crippen LogP contribution is -2.00. The first-order chi connectivity index (χ1) is 11.5. The SMILES string of the molecule is Nc1nc(Nc2cc(Cl)c(-c3ccccc3C(=O)O)c(Cl)c2)n[nH]1. The van der Waals surface area contributed by atoms with E-state index in [1.807, 2.05) is 0 Å². The molecule has 1 aromatic heterocycles. The first-order valence-corrected chi connectivity index (χ1v) is 7.48. The number of carboxylic acids is 1. The molecule has 5 N–H and O–H groups in total. The molecule has 0 amide bonds. The molecule has 9 heteroatoms. The minimum absolute atomic E-state index is 0.115. The van der Waals surface area contributed by atoms with Crippen LogP contribution in [0.5, 0.6) is 0 Å². The Labute approximate surface area is 146 Å². The van der Waals surface area contributed by atoms with Crippen LogP contribution < -0.4 is 11.1 Å². The van der Waals surface area contributed by atoms with Gasteiger partial charge in [-0.05, 0) is 23.8 Å². The highest BCUT2D eigenvalue weighted by Gasteiger charge is 2.17. The number of carboxylic acid groups (broad SMARTS) is 1. The average Bonchev–Trinajstić information content (AvgIpc) is 2.92. The average molecular weight is 364 g/mol. The summed E-state index contributed by atoms with van der Waals surface area (Å²) in [5.74, 6) is -0.629. The molecule has 122 valence electrons. The summed E-state index contributed by atoms with van der Waals surface area (Å²) >= 11 is 12.7. The van der Waals surface area contributed by atoms with Crippen LogP contribution in [0.2, 0.25) is 10.0 Å². The van der Waals surface area contributed by atoms with E-state index in [-0.39, 0.29) is 17.5 Å². The van der Waals surface area contributed by atoms with Gasteiger partial charge in [0.1, 0.15) is 0 Å². The number of benzene rings is 2. The van der Waals surface area contributed by atoms with E-state index in [1.54, 1.807) is 30.3 Å². The Morgan fingerprint density at radius 1 is 1.21 bits per heavy atom. The molecule has 0 saturated carbocycles. The molecule has 0 atom stereocenters. The molecule has 0 aliphatic rings. The fourth-order valence-electron chi connectivity index (χ4n) is 2.25. The van der Waals surface area contributed by atoms with Crippen molar-refractivity contribution in [3.63, 3.8) is 0 Å². The molecule has 3 rings (SSSR count). The summed E-state index contributed by atoms with van der Waals surface area (Å²) in [4.78, 5) is 15.3. The van der Waals surface area contributed by atoms with E-state index in [4.69, 9.17) is 28.9 Å². The van der Waals surface area contributed by atoms with Gasteiger partial charge in [0.25, 0.3) is 0 Å². The molecule has 0 aliphatic heterocycles. The Hall–Kier alpha value is -2.77. The molecule has 0 fully saturated rings. The number of aromatic nitrogens is 3. The van der Waals surface area contributed by atoms with Crippen molar-refractivity contribution < 1.29 is 9.90 Å². The number of hydrogen-bond acceptors (Lipinski definition) is 5. The molecule has 7 nitrogen and oxygen atoms in total. The number of H-pyrrole nitrogens is 1.